The van der Waals surface area contributed by atoms with Crippen LogP contribution in [0.5, 0.6) is 0 Å². The molecule has 2 rings (SSSR count). The molecule has 0 spiro atoms. The number of anilines is 1. The first kappa shape index (κ1) is 9.71. The molecule has 0 amide bonds. The Morgan fingerprint density at radius 2 is 2.33 bits per heavy atom. The van der Waals surface area contributed by atoms with Crippen LogP contribution in [0.1, 0.15) is 6.92 Å². The van der Waals surface area contributed by atoms with Gasteiger partial charge in [0.2, 0.25) is 0 Å². The first-order valence-corrected chi connectivity index (χ1v) is 5.00. The minimum absolute atomic E-state index is 0.881. The zero-order valence-electron chi connectivity index (χ0n) is 8.94. The Morgan fingerprint density at radius 3 is 3.00 bits per heavy atom. The standard InChI is InChI=1S/C11H14N4/c1-3-15-8-9(7-14-15)11-6-10(12-2)4-5-13-11/h4-8H,3H2,1-2H3,(H,12,13). The van der Waals surface area contributed by atoms with E-state index in [4.69, 9.17) is 0 Å². The highest BCUT2D eigenvalue weighted by Crippen LogP contribution is 2.18. The summed E-state index contributed by atoms with van der Waals surface area (Å²) in [6.45, 7) is 2.94. The number of hydrogen-bond acceptors (Lipinski definition) is 3. The van der Waals surface area contributed by atoms with E-state index in [0.29, 0.717) is 0 Å². The average Bonchev–Trinajstić information content (AvgIpc) is 2.78. The third-order valence-corrected chi connectivity index (χ3v) is 2.30. The van der Waals surface area contributed by atoms with Crippen molar-refractivity contribution >= 4 is 5.69 Å². The van der Waals surface area contributed by atoms with Gasteiger partial charge < -0.3 is 5.32 Å². The molecule has 2 heterocycles. The zero-order valence-corrected chi connectivity index (χ0v) is 8.94. The van der Waals surface area contributed by atoms with E-state index in [9.17, 15) is 0 Å². The Kier molecular flexibility index (Phi) is 2.67. The van der Waals surface area contributed by atoms with Gasteiger partial charge in [-0.05, 0) is 19.1 Å². The molecule has 78 valence electrons. The number of hydrogen-bond donors (Lipinski definition) is 1. The van der Waals surface area contributed by atoms with Gasteiger partial charge in [0.05, 0.1) is 11.9 Å². The molecule has 0 aliphatic carbocycles. The Hall–Kier alpha value is -1.84. The van der Waals surface area contributed by atoms with Gasteiger partial charge in [0, 0.05) is 37.2 Å². The first-order chi connectivity index (χ1) is 7.33. The fourth-order valence-electron chi connectivity index (χ4n) is 1.41. The monoisotopic (exact) mass is 202 g/mol. The molecule has 2 aromatic rings. The van der Waals surface area contributed by atoms with Crippen LogP contribution in [0, 0.1) is 0 Å². The molecule has 0 atom stereocenters. The summed E-state index contributed by atoms with van der Waals surface area (Å²) < 4.78 is 1.89. The van der Waals surface area contributed by atoms with Crippen LogP contribution < -0.4 is 5.32 Å². The van der Waals surface area contributed by atoms with Gasteiger partial charge in [0.25, 0.3) is 0 Å². The quantitative estimate of drug-likeness (QED) is 0.827. The number of pyridine rings is 1. The molecule has 0 aliphatic heterocycles. The molecular formula is C11H14N4. The Labute approximate surface area is 89.0 Å². The van der Waals surface area contributed by atoms with Crippen molar-refractivity contribution < 1.29 is 0 Å². The summed E-state index contributed by atoms with van der Waals surface area (Å²) in [5, 5.41) is 7.31. The molecule has 0 saturated heterocycles. The predicted octanol–water partition coefficient (Wildman–Crippen LogP) is 2.01. The first-order valence-electron chi connectivity index (χ1n) is 5.00. The number of nitrogens with zero attached hydrogens (tertiary/aromatic N) is 3. The summed E-state index contributed by atoms with van der Waals surface area (Å²) in [6.07, 6.45) is 5.64. The van der Waals surface area contributed by atoms with Gasteiger partial charge in [-0.25, -0.2) is 0 Å². The number of aryl methyl sites for hydroxylation is 1. The normalized spacial score (nSPS) is 10.3. The molecule has 15 heavy (non-hydrogen) atoms. The topological polar surface area (TPSA) is 42.7 Å². The molecule has 0 aliphatic rings. The SMILES string of the molecule is CCn1cc(-c2cc(NC)ccn2)cn1. The van der Waals surface area contributed by atoms with E-state index in [0.717, 1.165) is 23.5 Å². The third kappa shape index (κ3) is 1.98. The van der Waals surface area contributed by atoms with Crippen molar-refractivity contribution in [2.24, 2.45) is 0 Å². The smallest absolute Gasteiger partial charge is 0.0754 e. The van der Waals surface area contributed by atoms with E-state index in [2.05, 4.69) is 22.3 Å². The fraction of sp³-hybridized carbons (Fsp3) is 0.273. The highest BCUT2D eigenvalue weighted by molar-refractivity contribution is 5.62. The lowest BCUT2D eigenvalue weighted by molar-refractivity contribution is 0.660. The maximum absolute atomic E-state index is 4.31. The van der Waals surface area contributed by atoms with Crippen molar-refractivity contribution in [1.29, 1.82) is 0 Å². The molecule has 0 aromatic carbocycles. The van der Waals surface area contributed by atoms with Gasteiger partial charge >= 0.3 is 0 Å². The molecular weight excluding hydrogens is 188 g/mol. The van der Waals surface area contributed by atoms with Crippen molar-refractivity contribution in [3.05, 3.63) is 30.7 Å². The van der Waals surface area contributed by atoms with Crippen LogP contribution in [-0.2, 0) is 6.54 Å². The largest absolute Gasteiger partial charge is 0.388 e. The van der Waals surface area contributed by atoms with E-state index in [1.165, 1.54) is 0 Å². The van der Waals surface area contributed by atoms with Crippen LogP contribution in [0.2, 0.25) is 0 Å². The average molecular weight is 202 g/mol. The van der Waals surface area contributed by atoms with Crippen molar-refractivity contribution in [3.63, 3.8) is 0 Å². The van der Waals surface area contributed by atoms with Crippen LogP contribution in [0.4, 0.5) is 5.69 Å². The summed E-state index contributed by atoms with van der Waals surface area (Å²) in [5.41, 5.74) is 3.06. The van der Waals surface area contributed by atoms with E-state index < -0.39 is 0 Å². The van der Waals surface area contributed by atoms with E-state index in [-0.39, 0.29) is 0 Å². The van der Waals surface area contributed by atoms with Crippen LogP contribution in [-0.4, -0.2) is 21.8 Å². The molecule has 0 bridgehead atoms. The second-order valence-electron chi connectivity index (χ2n) is 3.26. The summed E-state index contributed by atoms with van der Waals surface area (Å²) in [4.78, 5) is 4.31. The highest BCUT2D eigenvalue weighted by atomic mass is 15.3. The summed E-state index contributed by atoms with van der Waals surface area (Å²) in [7, 11) is 1.90. The second-order valence-corrected chi connectivity index (χ2v) is 3.26. The molecule has 0 saturated carbocycles. The predicted molar refractivity (Wildman–Crippen MR) is 60.7 cm³/mol. The van der Waals surface area contributed by atoms with Gasteiger partial charge in [-0.3, -0.25) is 9.67 Å². The van der Waals surface area contributed by atoms with Gasteiger partial charge in [-0.1, -0.05) is 0 Å². The van der Waals surface area contributed by atoms with E-state index >= 15 is 0 Å². The highest BCUT2D eigenvalue weighted by Gasteiger charge is 2.02. The van der Waals surface area contributed by atoms with Crippen LogP contribution in [0.25, 0.3) is 11.3 Å². The van der Waals surface area contributed by atoms with E-state index in [1.807, 2.05) is 36.3 Å². The second kappa shape index (κ2) is 4.13. The number of aromatic nitrogens is 3. The minimum atomic E-state index is 0.881. The van der Waals surface area contributed by atoms with Crippen LogP contribution >= 0.6 is 0 Å². The maximum Gasteiger partial charge on any atom is 0.0754 e. The Balaban J connectivity index is 2.35. The van der Waals surface area contributed by atoms with Gasteiger partial charge in [-0.15, -0.1) is 0 Å². The molecule has 1 N–H and O–H groups in total. The molecule has 4 nitrogen and oxygen atoms in total. The van der Waals surface area contributed by atoms with Crippen molar-refractivity contribution in [1.82, 2.24) is 14.8 Å². The number of nitrogens with one attached hydrogen (secondary N) is 1. The summed E-state index contributed by atoms with van der Waals surface area (Å²) in [6, 6.07) is 3.95. The summed E-state index contributed by atoms with van der Waals surface area (Å²) in [5.74, 6) is 0. The van der Waals surface area contributed by atoms with Crippen molar-refractivity contribution in [2.75, 3.05) is 12.4 Å². The summed E-state index contributed by atoms with van der Waals surface area (Å²) >= 11 is 0. The third-order valence-electron chi connectivity index (χ3n) is 2.30. The fourth-order valence-corrected chi connectivity index (χ4v) is 1.41. The Bertz CT molecular complexity index is 447. The molecule has 0 radical (unpaired) electrons. The van der Waals surface area contributed by atoms with Crippen LogP contribution in [0.3, 0.4) is 0 Å². The van der Waals surface area contributed by atoms with Gasteiger partial charge in [0.15, 0.2) is 0 Å². The zero-order chi connectivity index (χ0) is 10.7. The molecule has 4 heteroatoms. The molecule has 0 unspecified atom stereocenters. The number of rotatable bonds is 3. The van der Waals surface area contributed by atoms with Crippen LogP contribution in [0.15, 0.2) is 30.7 Å². The lowest BCUT2D eigenvalue weighted by atomic mass is 10.2. The Morgan fingerprint density at radius 1 is 1.47 bits per heavy atom. The maximum atomic E-state index is 4.31. The van der Waals surface area contributed by atoms with E-state index in [1.54, 1.807) is 6.20 Å². The molecule has 0 fully saturated rings. The van der Waals surface area contributed by atoms with Gasteiger partial charge in [-0.2, -0.15) is 5.10 Å². The van der Waals surface area contributed by atoms with Crippen molar-refractivity contribution in [2.45, 2.75) is 13.5 Å². The lowest BCUT2D eigenvalue weighted by Crippen LogP contribution is -1.92. The van der Waals surface area contributed by atoms with Crippen molar-refractivity contribution in [3.8, 4) is 11.3 Å². The molecule has 2 aromatic heterocycles. The lowest BCUT2D eigenvalue weighted by Gasteiger charge is -2.01. The van der Waals surface area contributed by atoms with Gasteiger partial charge in [0.1, 0.15) is 0 Å². The minimum Gasteiger partial charge on any atom is -0.388 e.